The number of carbonyl (C=O) groups is 2. The number of rotatable bonds is 3. The Bertz CT molecular complexity index is 587. The van der Waals surface area contributed by atoms with Crippen LogP contribution in [0.2, 0.25) is 0 Å². The summed E-state index contributed by atoms with van der Waals surface area (Å²) < 4.78 is 1.69. The predicted molar refractivity (Wildman–Crippen MR) is 64.6 cm³/mol. The molecular weight excluding hydrogens is 234 g/mol. The van der Waals surface area contributed by atoms with Crippen LogP contribution in [0, 0.1) is 0 Å². The number of hydrogen-bond acceptors (Lipinski definition) is 3. The van der Waals surface area contributed by atoms with Crippen LogP contribution < -0.4 is 5.32 Å². The lowest BCUT2D eigenvalue weighted by Gasteiger charge is -2.05. The monoisotopic (exact) mass is 245 g/mol. The van der Waals surface area contributed by atoms with Crippen LogP contribution in [0.1, 0.15) is 21.0 Å². The SMILES string of the molecule is Cn1cccc1C(=O)Nc1ccc(C(=O)O)nc1. The van der Waals surface area contributed by atoms with E-state index in [0.29, 0.717) is 11.4 Å². The molecule has 0 spiro atoms. The van der Waals surface area contributed by atoms with Gasteiger partial charge >= 0.3 is 5.97 Å². The maximum absolute atomic E-state index is 11.8. The minimum atomic E-state index is -1.10. The number of amides is 1. The summed E-state index contributed by atoms with van der Waals surface area (Å²) in [7, 11) is 1.76. The molecule has 2 aromatic heterocycles. The predicted octanol–water partition coefficient (Wildman–Crippen LogP) is 1.37. The molecule has 2 heterocycles. The number of nitrogens with one attached hydrogen (secondary N) is 1. The van der Waals surface area contributed by atoms with Gasteiger partial charge in [0.1, 0.15) is 11.4 Å². The number of anilines is 1. The highest BCUT2D eigenvalue weighted by Gasteiger charge is 2.10. The number of aryl methyl sites for hydroxylation is 1. The Hall–Kier alpha value is -2.63. The van der Waals surface area contributed by atoms with E-state index >= 15 is 0 Å². The van der Waals surface area contributed by atoms with Gasteiger partial charge < -0.3 is 15.0 Å². The highest BCUT2D eigenvalue weighted by Crippen LogP contribution is 2.09. The van der Waals surface area contributed by atoms with Crippen LogP contribution >= 0.6 is 0 Å². The van der Waals surface area contributed by atoms with Crippen molar-refractivity contribution in [1.29, 1.82) is 0 Å². The van der Waals surface area contributed by atoms with E-state index in [-0.39, 0.29) is 11.6 Å². The van der Waals surface area contributed by atoms with Crippen LogP contribution in [0.25, 0.3) is 0 Å². The van der Waals surface area contributed by atoms with Crippen molar-refractivity contribution in [3.63, 3.8) is 0 Å². The first kappa shape index (κ1) is 11.8. The number of aromatic nitrogens is 2. The van der Waals surface area contributed by atoms with Crippen molar-refractivity contribution >= 4 is 17.6 Å². The third-order valence-corrected chi connectivity index (χ3v) is 2.42. The van der Waals surface area contributed by atoms with Crippen molar-refractivity contribution in [3.05, 3.63) is 48.0 Å². The molecule has 0 aromatic carbocycles. The van der Waals surface area contributed by atoms with Crippen molar-refractivity contribution in [2.24, 2.45) is 7.05 Å². The van der Waals surface area contributed by atoms with Crippen molar-refractivity contribution in [2.45, 2.75) is 0 Å². The van der Waals surface area contributed by atoms with E-state index in [4.69, 9.17) is 5.11 Å². The van der Waals surface area contributed by atoms with Crippen LogP contribution in [0.4, 0.5) is 5.69 Å². The van der Waals surface area contributed by atoms with E-state index in [1.54, 1.807) is 29.9 Å². The molecule has 0 unspecified atom stereocenters. The molecule has 2 aromatic rings. The number of hydrogen-bond donors (Lipinski definition) is 2. The Morgan fingerprint density at radius 1 is 1.33 bits per heavy atom. The van der Waals surface area contributed by atoms with Gasteiger partial charge in [0.25, 0.3) is 5.91 Å². The Morgan fingerprint density at radius 2 is 2.11 bits per heavy atom. The summed E-state index contributed by atoms with van der Waals surface area (Å²) in [5.74, 6) is -1.37. The number of pyridine rings is 1. The van der Waals surface area contributed by atoms with E-state index in [2.05, 4.69) is 10.3 Å². The number of carboxylic acid groups (broad SMARTS) is 1. The summed E-state index contributed by atoms with van der Waals surface area (Å²) in [6.07, 6.45) is 3.07. The minimum absolute atomic E-state index is 0.0631. The normalized spacial score (nSPS) is 10.1. The maximum atomic E-state index is 11.8. The number of carboxylic acids is 1. The topological polar surface area (TPSA) is 84.2 Å². The molecule has 2 N–H and O–H groups in total. The third kappa shape index (κ3) is 2.37. The van der Waals surface area contributed by atoms with Gasteiger partial charge in [0.2, 0.25) is 0 Å². The van der Waals surface area contributed by atoms with Crippen LogP contribution in [-0.4, -0.2) is 26.5 Å². The van der Waals surface area contributed by atoms with Crippen molar-refractivity contribution in [2.75, 3.05) is 5.32 Å². The fourth-order valence-corrected chi connectivity index (χ4v) is 1.49. The Balaban J connectivity index is 2.13. The summed E-state index contributed by atoms with van der Waals surface area (Å²) in [5.41, 5.74) is 0.898. The summed E-state index contributed by atoms with van der Waals surface area (Å²) in [5, 5.41) is 11.3. The van der Waals surface area contributed by atoms with Crippen LogP contribution in [0.5, 0.6) is 0 Å². The molecule has 92 valence electrons. The van der Waals surface area contributed by atoms with Gasteiger partial charge in [-0.2, -0.15) is 0 Å². The first-order valence-electron chi connectivity index (χ1n) is 5.20. The molecule has 6 nitrogen and oxygen atoms in total. The summed E-state index contributed by atoms with van der Waals surface area (Å²) in [6, 6.07) is 6.29. The molecule has 0 bridgehead atoms. The van der Waals surface area contributed by atoms with Gasteiger partial charge in [-0.1, -0.05) is 0 Å². The second kappa shape index (κ2) is 4.70. The van der Waals surface area contributed by atoms with Gasteiger partial charge in [-0.25, -0.2) is 9.78 Å². The molecule has 0 fully saturated rings. The van der Waals surface area contributed by atoms with E-state index in [1.165, 1.54) is 18.3 Å². The average molecular weight is 245 g/mol. The molecule has 18 heavy (non-hydrogen) atoms. The number of nitrogens with zero attached hydrogens (tertiary/aromatic N) is 2. The minimum Gasteiger partial charge on any atom is -0.477 e. The quantitative estimate of drug-likeness (QED) is 0.855. The molecule has 0 radical (unpaired) electrons. The van der Waals surface area contributed by atoms with Gasteiger partial charge in [-0.05, 0) is 24.3 Å². The number of aromatic carboxylic acids is 1. The van der Waals surface area contributed by atoms with Crippen molar-refractivity contribution < 1.29 is 14.7 Å². The molecule has 0 atom stereocenters. The van der Waals surface area contributed by atoms with Crippen molar-refractivity contribution in [3.8, 4) is 0 Å². The average Bonchev–Trinajstić information content (AvgIpc) is 2.76. The standard InChI is InChI=1S/C12H11N3O3/c1-15-6-2-3-10(15)11(16)14-8-4-5-9(12(17)18)13-7-8/h2-7H,1H3,(H,14,16)(H,17,18). The second-order valence-corrected chi connectivity index (χ2v) is 3.70. The second-order valence-electron chi connectivity index (χ2n) is 3.70. The van der Waals surface area contributed by atoms with Gasteiger partial charge in [0, 0.05) is 13.2 Å². The van der Waals surface area contributed by atoms with Crippen molar-refractivity contribution in [1.82, 2.24) is 9.55 Å². The molecular formula is C12H11N3O3. The molecule has 0 saturated heterocycles. The first-order valence-corrected chi connectivity index (χ1v) is 5.20. The van der Waals surface area contributed by atoms with Crippen LogP contribution in [0.3, 0.4) is 0 Å². The van der Waals surface area contributed by atoms with Gasteiger partial charge in [0.15, 0.2) is 0 Å². The Labute approximate surface area is 103 Å². The van der Waals surface area contributed by atoms with Crippen LogP contribution in [-0.2, 0) is 7.05 Å². The fourth-order valence-electron chi connectivity index (χ4n) is 1.49. The maximum Gasteiger partial charge on any atom is 0.354 e. The van der Waals surface area contributed by atoms with Gasteiger partial charge in [-0.15, -0.1) is 0 Å². The smallest absolute Gasteiger partial charge is 0.354 e. The lowest BCUT2D eigenvalue weighted by Crippen LogP contribution is -2.15. The zero-order valence-corrected chi connectivity index (χ0v) is 9.62. The zero-order chi connectivity index (χ0) is 13.1. The Morgan fingerprint density at radius 3 is 2.61 bits per heavy atom. The summed E-state index contributed by atoms with van der Waals surface area (Å²) >= 11 is 0. The molecule has 1 amide bonds. The van der Waals surface area contributed by atoms with E-state index in [9.17, 15) is 9.59 Å². The highest BCUT2D eigenvalue weighted by molar-refractivity contribution is 6.03. The third-order valence-electron chi connectivity index (χ3n) is 2.42. The first-order chi connectivity index (χ1) is 8.58. The largest absolute Gasteiger partial charge is 0.477 e. The van der Waals surface area contributed by atoms with E-state index < -0.39 is 5.97 Å². The molecule has 0 aliphatic carbocycles. The highest BCUT2D eigenvalue weighted by atomic mass is 16.4. The van der Waals surface area contributed by atoms with E-state index in [1.807, 2.05) is 0 Å². The molecule has 0 aliphatic heterocycles. The van der Waals surface area contributed by atoms with Gasteiger partial charge in [0.05, 0.1) is 11.9 Å². The van der Waals surface area contributed by atoms with Crippen LogP contribution in [0.15, 0.2) is 36.7 Å². The molecule has 0 aliphatic rings. The van der Waals surface area contributed by atoms with Gasteiger partial charge in [-0.3, -0.25) is 4.79 Å². The summed E-state index contributed by atoms with van der Waals surface area (Å²) in [6.45, 7) is 0. The number of carbonyl (C=O) groups excluding carboxylic acids is 1. The molecule has 0 saturated carbocycles. The summed E-state index contributed by atoms with van der Waals surface area (Å²) in [4.78, 5) is 26.2. The van der Waals surface area contributed by atoms with E-state index in [0.717, 1.165) is 0 Å². The lowest BCUT2D eigenvalue weighted by atomic mass is 10.3. The Kier molecular flexibility index (Phi) is 3.09. The lowest BCUT2D eigenvalue weighted by molar-refractivity contribution is 0.0690. The molecule has 6 heteroatoms. The zero-order valence-electron chi connectivity index (χ0n) is 9.62. The molecule has 2 rings (SSSR count). The fraction of sp³-hybridized carbons (Fsp3) is 0.0833.